The minimum absolute atomic E-state index is 0.0953. The molecule has 0 aliphatic carbocycles. The van der Waals surface area contributed by atoms with E-state index in [0.717, 1.165) is 11.3 Å². The summed E-state index contributed by atoms with van der Waals surface area (Å²) < 4.78 is 18.1. The van der Waals surface area contributed by atoms with Gasteiger partial charge < -0.3 is 4.52 Å². The van der Waals surface area contributed by atoms with Crippen LogP contribution in [0.4, 0.5) is 4.39 Å². The number of nitrogens with zero attached hydrogens (tertiary/aromatic N) is 2. The second kappa shape index (κ2) is 6.33. The van der Waals surface area contributed by atoms with Crippen LogP contribution in [0.3, 0.4) is 0 Å². The van der Waals surface area contributed by atoms with Crippen molar-refractivity contribution in [2.24, 2.45) is 0 Å². The van der Waals surface area contributed by atoms with Gasteiger partial charge in [-0.15, -0.1) is 11.8 Å². The molecule has 1 aromatic heterocycles. The Labute approximate surface area is 117 Å². The zero-order valence-electron chi connectivity index (χ0n) is 9.77. The lowest BCUT2D eigenvalue weighted by atomic mass is 10.3. The first-order chi connectivity index (χ1) is 8.69. The summed E-state index contributed by atoms with van der Waals surface area (Å²) in [5, 5.41) is 3.89. The van der Waals surface area contributed by atoms with Gasteiger partial charge in [0.15, 0.2) is 5.82 Å². The summed E-state index contributed by atoms with van der Waals surface area (Å²) in [5.74, 6) is 1.54. The van der Waals surface area contributed by atoms with Crippen molar-refractivity contribution >= 4 is 27.7 Å². The number of rotatable bonds is 5. The standard InChI is InChI=1S/C12H12BrFN2OS/c1-2-10(13)12-15-11(16-17-12)7-18-9-5-3-4-8(14)6-9/h3-6,10H,2,7H2,1H3. The van der Waals surface area contributed by atoms with E-state index in [4.69, 9.17) is 4.52 Å². The molecule has 1 atom stereocenters. The summed E-state index contributed by atoms with van der Waals surface area (Å²) in [4.78, 5) is 5.23. The van der Waals surface area contributed by atoms with E-state index in [1.54, 1.807) is 6.07 Å². The second-order valence-electron chi connectivity index (χ2n) is 3.67. The lowest BCUT2D eigenvalue weighted by Crippen LogP contribution is -1.89. The van der Waals surface area contributed by atoms with Gasteiger partial charge in [0.05, 0.1) is 10.6 Å². The van der Waals surface area contributed by atoms with E-state index in [2.05, 4.69) is 26.1 Å². The maximum atomic E-state index is 13.0. The smallest absolute Gasteiger partial charge is 0.240 e. The molecule has 18 heavy (non-hydrogen) atoms. The molecule has 0 N–H and O–H groups in total. The largest absolute Gasteiger partial charge is 0.338 e. The van der Waals surface area contributed by atoms with Gasteiger partial charge in [-0.25, -0.2) is 4.39 Å². The lowest BCUT2D eigenvalue weighted by Gasteiger charge is -1.98. The third kappa shape index (κ3) is 3.55. The molecule has 0 fully saturated rings. The maximum Gasteiger partial charge on any atom is 0.240 e. The fourth-order valence-corrected chi connectivity index (χ4v) is 2.30. The van der Waals surface area contributed by atoms with Crippen LogP contribution in [-0.4, -0.2) is 10.1 Å². The van der Waals surface area contributed by atoms with Gasteiger partial charge in [-0.1, -0.05) is 34.1 Å². The normalized spacial score (nSPS) is 12.6. The highest BCUT2D eigenvalue weighted by atomic mass is 79.9. The van der Waals surface area contributed by atoms with Crippen LogP contribution in [0.25, 0.3) is 0 Å². The van der Waals surface area contributed by atoms with Gasteiger partial charge in [-0.05, 0) is 24.6 Å². The van der Waals surface area contributed by atoms with Crippen molar-refractivity contribution in [1.82, 2.24) is 10.1 Å². The molecule has 6 heteroatoms. The first-order valence-electron chi connectivity index (χ1n) is 5.54. The number of thioether (sulfide) groups is 1. The molecular weight excluding hydrogens is 319 g/mol. The first kappa shape index (κ1) is 13.5. The molecule has 1 unspecified atom stereocenters. The fourth-order valence-electron chi connectivity index (χ4n) is 1.33. The number of alkyl halides is 1. The second-order valence-corrected chi connectivity index (χ2v) is 5.82. The predicted octanol–water partition coefficient (Wildman–Crippen LogP) is 4.35. The molecule has 0 bridgehead atoms. The number of hydrogen-bond acceptors (Lipinski definition) is 4. The Morgan fingerprint density at radius 1 is 1.50 bits per heavy atom. The highest BCUT2D eigenvalue weighted by Gasteiger charge is 2.13. The van der Waals surface area contributed by atoms with Crippen LogP contribution in [0.15, 0.2) is 33.7 Å². The lowest BCUT2D eigenvalue weighted by molar-refractivity contribution is 0.372. The SMILES string of the molecule is CCC(Br)c1nc(CSc2cccc(F)c2)no1. The molecule has 2 rings (SSSR count). The summed E-state index contributed by atoms with van der Waals surface area (Å²) >= 11 is 4.93. The van der Waals surface area contributed by atoms with E-state index in [-0.39, 0.29) is 10.6 Å². The Hall–Kier alpha value is -0.880. The van der Waals surface area contributed by atoms with E-state index in [1.165, 1.54) is 23.9 Å². The molecule has 2 aromatic rings. The Kier molecular flexibility index (Phi) is 4.77. The van der Waals surface area contributed by atoms with Crippen LogP contribution in [-0.2, 0) is 5.75 Å². The molecule has 0 spiro atoms. The zero-order valence-corrected chi connectivity index (χ0v) is 12.2. The van der Waals surface area contributed by atoms with E-state index in [9.17, 15) is 4.39 Å². The molecule has 0 aliphatic rings. The van der Waals surface area contributed by atoms with E-state index >= 15 is 0 Å². The van der Waals surface area contributed by atoms with Crippen molar-refractivity contribution in [2.45, 2.75) is 28.8 Å². The third-order valence-corrected chi connectivity index (χ3v) is 4.30. The molecule has 0 radical (unpaired) electrons. The molecule has 3 nitrogen and oxygen atoms in total. The molecule has 0 saturated heterocycles. The number of halogens is 2. The number of hydrogen-bond donors (Lipinski definition) is 0. The van der Waals surface area contributed by atoms with Crippen molar-refractivity contribution in [3.05, 3.63) is 41.8 Å². The Bertz CT molecular complexity index is 520. The van der Waals surface area contributed by atoms with Crippen LogP contribution in [0.2, 0.25) is 0 Å². The fraction of sp³-hybridized carbons (Fsp3) is 0.333. The zero-order chi connectivity index (χ0) is 13.0. The molecule has 0 aliphatic heterocycles. The van der Waals surface area contributed by atoms with Crippen molar-refractivity contribution < 1.29 is 8.91 Å². The summed E-state index contributed by atoms with van der Waals surface area (Å²) in [7, 11) is 0. The average molecular weight is 331 g/mol. The third-order valence-electron chi connectivity index (χ3n) is 2.27. The van der Waals surface area contributed by atoms with Gasteiger partial charge in [0.1, 0.15) is 5.82 Å². The average Bonchev–Trinajstić information content (AvgIpc) is 2.84. The summed E-state index contributed by atoms with van der Waals surface area (Å²) in [6.45, 7) is 2.03. The maximum absolute atomic E-state index is 13.0. The van der Waals surface area contributed by atoms with Crippen LogP contribution < -0.4 is 0 Å². The number of benzene rings is 1. The van der Waals surface area contributed by atoms with Gasteiger partial charge >= 0.3 is 0 Å². The van der Waals surface area contributed by atoms with Crippen LogP contribution in [0, 0.1) is 5.82 Å². The van der Waals surface area contributed by atoms with Crippen molar-refractivity contribution in [3.8, 4) is 0 Å². The number of aromatic nitrogens is 2. The minimum Gasteiger partial charge on any atom is -0.338 e. The topological polar surface area (TPSA) is 38.9 Å². The first-order valence-corrected chi connectivity index (χ1v) is 7.44. The van der Waals surface area contributed by atoms with Crippen molar-refractivity contribution in [1.29, 1.82) is 0 Å². The summed E-state index contributed by atoms with van der Waals surface area (Å²) in [5.41, 5.74) is 0. The van der Waals surface area contributed by atoms with Crippen molar-refractivity contribution in [3.63, 3.8) is 0 Å². The quantitative estimate of drug-likeness (QED) is 0.603. The molecule has 1 heterocycles. The highest BCUT2D eigenvalue weighted by molar-refractivity contribution is 9.09. The van der Waals surface area contributed by atoms with Crippen LogP contribution >= 0.6 is 27.7 Å². The Morgan fingerprint density at radius 2 is 2.33 bits per heavy atom. The minimum atomic E-state index is -0.236. The molecule has 96 valence electrons. The molecular formula is C12H12BrFN2OS. The van der Waals surface area contributed by atoms with Gasteiger partial charge in [0.2, 0.25) is 5.89 Å². The van der Waals surface area contributed by atoms with Crippen molar-refractivity contribution in [2.75, 3.05) is 0 Å². The highest BCUT2D eigenvalue weighted by Crippen LogP contribution is 2.26. The molecule has 0 saturated carbocycles. The van der Waals surface area contributed by atoms with Gasteiger partial charge in [-0.2, -0.15) is 4.98 Å². The van der Waals surface area contributed by atoms with E-state index in [1.807, 2.05) is 13.0 Å². The summed E-state index contributed by atoms with van der Waals surface area (Å²) in [6, 6.07) is 6.46. The monoisotopic (exact) mass is 330 g/mol. The molecule has 0 amide bonds. The van der Waals surface area contributed by atoms with E-state index < -0.39 is 0 Å². The van der Waals surface area contributed by atoms with Crippen LogP contribution in [0.5, 0.6) is 0 Å². The van der Waals surface area contributed by atoms with E-state index in [0.29, 0.717) is 17.5 Å². The van der Waals surface area contributed by atoms with Crippen LogP contribution in [0.1, 0.15) is 29.9 Å². The predicted molar refractivity (Wildman–Crippen MR) is 72.2 cm³/mol. The summed E-state index contributed by atoms with van der Waals surface area (Å²) in [6.07, 6.45) is 0.888. The van der Waals surface area contributed by atoms with Gasteiger partial charge in [-0.3, -0.25) is 0 Å². The Morgan fingerprint density at radius 3 is 3.06 bits per heavy atom. The Balaban J connectivity index is 1.96. The van der Waals surface area contributed by atoms with Gasteiger partial charge in [0, 0.05) is 4.90 Å². The molecule has 1 aromatic carbocycles. The van der Waals surface area contributed by atoms with Gasteiger partial charge in [0.25, 0.3) is 0 Å².